The van der Waals surface area contributed by atoms with Gasteiger partial charge in [0.05, 0.1) is 30.7 Å². The fourth-order valence-electron chi connectivity index (χ4n) is 3.70. The van der Waals surface area contributed by atoms with E-state index in [0.29, 0.717) is 33.2 Å². The number of fused-ring (bicyclic) bond motifs is 1. The summed E-state index contributed by atoms with van der Waals surface area (Å²) in [4.78, 5) is 16.8. The van der Waals surface area contributed by atoms with E-state index in [4.69, 9.17) is 21.1 Å². The Balaban J connectivity index is 2.04. The van der Waals surface area contributed by atoms with Crippen molar-refractivity contribution >= 4 is 28.3 Å². The van der Waals surface area contributed by atoms with Crippen LogP contribution in [0.5, 0.6) is 11.5 Å². The van der Waals surface area contributed by atoms with Gasteiger partial charge in [0.1, 0.15) is 11.5 Å². The van der Waals surface area contributed by atoms with Crippen LogP contribution in [0.2, 0.25) is 5.02 Å². The van der Waals surface area contributed by atoms with Gasteiger partial charge in [0.15, 0.2) is 5.78 Å². The second-order valence-corrected chi connectivity index (χ2v) is 7.17. The van der Waals surface area contributed by atoms with E-state index >= 15 is 0 Å². The maximum Gasteiger partial charge on any atom is 0.198 e. The van der Waals surface area contributed by atoms with Gasteiger partial charge < -0.3 is 14.5 Å². The molecule has 29 heavy (non-hydrogen) atoms. The summed E-state index contributed by atoms with van der Waals surface area (Å²) in [5.74, 6) is 0.954. The van der Waals surface area contributed by atoms with E-state index in [9.17, 15) is 4.79 Å². The number of H-pyrrole nitrogens is 1. The van der Waals surface area contributed by atoms with Crippen molar-refractivity contribution in [3.63, 3.8) is 0 Å². The highest BCUT2D eigenvalue weighted by molar-refractivity contribution is 6.30. The Kier molecular flexibility index (Phi) is 5.03. The third-order valence-electron chi connectivity index (χ3n) is 5.03. The number of nitrogens with one attached hydrogen (secondary N) is 1. The van der Waals surface area contributed by atoms with Crippen molar-refractivity contribution in [3.8, 4) is 22.6 Å². The van der Waals surface area contributed by atoms with Crippen molar-refractivity contribution in [3.05, 3.63) is 82.5 Å². The fourth-order valence-corrected chi connectivity index (χ4v) is 3.83. The second-order valence-electron chi connectivity index (χ2n) is 6.73. The van der Waals surface area contributed by atoms with Crippen molar-refractivity contribution in [2.45, 2.75) is 6.92 Å². The van der Waals surface area contributed by atoms with Gasteiger partial charge in [-0.3, -0.25) is 4.79 Å². The third-order valence-corrected chi connectivity index (χ3v) is 5.28. The van der Waals surface area contributed by atoms with Crippen LogP contribution >= 0.6 is 11.6 Å². The summed E-state index contributed by atoms with van der Waals surface area (Å²) in [7, 11) is 3.17. The van der Waals surface area contributed by atoms with Crippen molar-refractivity contribution in [1.29, 1.82) is 0 Å². The summed E-state index contributed by atoms with van der Waals surface area (Å²) in [6, 6.07) is 18.7. The van der Waals surface area contributed by atoms with E-state index in [1.54, 1.807) is 44.6 Å². The first kappa shape index (κ1) is 19.1. The third kappa shape index (κ3) is 3.26. The molecule has 5 heteroatoms. The summed E-state index contributed by atoms with van der Waals surface area (Å²) < 4.78 is 11.2. The molecule has 0 amide bonds. The van der Waals surface area contributed by atoms with Crippen LogP contribution in [0, 0.1) is 6.92 Å². The zero-order chi connectivity index (χ0) is 20.5. The van der Waals surface area contributed by atoms with E-state index in [1.807, 2.05) is 37.3 Å². The Bertz CT molecular complexity index is 1190. The molecule has 0 bridgehead atoms. The van der Waals surface area contributed by atoms with Gasteiger partial charge in [-0.25, -0.2) is 0 Å². The van der Waals surface area contributed by atoms with Crippen LogP contribution in [-0.4, -0.2) is 25.0 Å². The first-order chi connectivity index (χ1) is 14.0. The molecular formula is C24H20ClNO3. The Morgan fingerprint density at radius 3 is 2.21 bits per heavy atom. The maximum absolute atomic E-state index is 13.4. The molecule has 0 unspecified atom stereocenters. The zero-order valence-corrected chi connectivity index (χ0v) is 17.1. The highest BCUT2D eigenvalue weighted by Crippen LogP contribution is 2.43. The number of aromatic nitrogens is 1. The lowest BCUT2D eigenvalue weighted by Crippen LogP contribution is -2.06. The smallest absolute Gasteiger partial charge is 0.198 e. The lowest BCUT2D eigenvalue weighted by Gasteiger charge is -2.13. The van der Waals surface area contributed by atoms with Crippen LogP contribution in [0.4, 0.5) is 0 Å². The van der Waals surface area contributed by atoms with Gasteiger partial charge in [0.2, 0.25) is 0 Å². The lowest BCUT2D eigenvalue weighted by molar-refractivity contribution is 0.103. The number of carbonyl (C=O) groups excluding carboxylic acids is 1. The molecule has 0 radical (unpaired) electrons. The Morgan fingerprint density at radius 2 is 1.59 bits per heavy atom. The van der Waals surface area contributed by atoms with Crippen LogP contribution in [0.25, 0.3) is 22.0 Å². The standard InChI is InChI=1S/C24H20ClNO3/c1-14-20(15-7-5-4-6-8-15)21-18(28-2)13-19(29-3)22(23(21)26-14)24(27)16-9-11-17(25)12-10-16/h4-13,26H,1-3H3. The minimum Gasteiger partial charge on any atom is -0.496 e. The zero-order valence-electron chi connectivity index (χ0n) is 16.4. The molecule has 1 aromatic heterocycles. The molecule has 0 fully saturated rings. The van der Waals surface area contributed by atoms with Crippen LogP contribution < -0.4 is 9.47 Å². The minimum atomic E-state index is -0.146. The predicted octanol–water partition coefficient (Wildman–Crippen LogP) is 6.04. The topological polar surface area (TPSA) is 51.3 Å². The van der Waals surface area contributed by atoms with Crippen molar-refractivity contribution in [1.82, 2.24) is 4.98 Å². The van der Waals surface area contributed by atoms with Crippen molar-refractivity contribution < 1.29 is 14.3 Å². The number of carbonyl (C=O) groups is 1. The van der Waals surface area contributed by atoms with Crippen LogP contribution in [0.3, 0.4) is 0 Å². The molecule has 4 rings (SSSR count). The molecule has 4 nitrogen and oxygen atoms in total. The number of hydrogen-bond acceptors (Lipinski definition) is 3. The summed E-state index contributed by atoms with van der Waals surface area (Å²) in [5, 5.41) is 1.43. The molecule has 3 aromatic carbocycles. The molecule has 1 N–H and O–H groups in total. The van der Waals surface area contributed by atoms with E-state index in [1.165, 1.54) is 0 Å². The van der Waals surface area contributed by atoms with Crippen molar-refractivity contribution in [2.75, 3.05) is 14.2 Å². The summed E-state index contributed by atoms with van der Waals surface area (Å²) >= 11 is 5.99. The number of halogens is 1. The van der Waals surface area contributed by atoms with Crippen LogP contribution in [0.1, 0.15) is 21.6 Å². The number of rotatable bonds is 5. The molecule has 0 aliphatic carbocycles. The summed E-state index contributed by atoms with van der Waals surface area (Å²) in [5.41, 5.74) is 4.69. The highest BCUT2D eigenvalue weighted by Gasteiger charge is 2.25. The van der Waals surface area contributed by atoms with Gasteiger partial charge in [-0.2, -0.15) is 0 Å². The Labute approximate surface area is 174 Å². The molecule has 0 aliphatic rings. The van der Waals surface area contributed by atoms with Gasteiger partial charge in [0, 0.05) is 27.9 Å². The minimum absolute atomic E-state index is 0.146. The van der Waals surface area contributed by atoms with Gasteiger partial charge in [-0.15, -0.1) is 0 Å². The first-order valence-corrected chi connectivity index (χ1v) is 9.56. The number of hydrogen-bond donors (Lipinski definition) is 1. The average molecular weight is 406 g/mol. The first-order valence-electron chi connectivity index (χ1n) is 9.18. The molecule has 4 aromatic rings. The molecule has 0 spiro atoms. The number of benzene rings is 3. The second kappa shape index (κ2) is 7.64. The molecule has 0 aliphatic heterocycles. The number of ketones is 1. The summed E-state index contributed by atoms with van der Waals surface area (Å²) in [6.45, 7) is 1.99. The van der Waals surface area contributed by atoms with E-state index < -0.39 is 0 Å². The van der Waals surface area contributed by atoms with Crippen LogP contribution in [0.15, 0.2) is 60.7 Å². The Morgan fingerprint density at radius 1 is 0.931 bits per heavy atom. The average Bonchev–Trinajstić information content (AvgIpc) is 3.09. The van der Waals surface area contributed by atoms with Crippen molar-refractivity contribution in [2.24, 2.45) is 0 Å². The normalized spacial score (nSPS) is 10.9. The van der Waals surface area contributed by atoms with E-state index in [2.05, 4.69) is 4.98 Å². The maximum atomic E-state index is 13.4. The predicted molar refractivity (Wildman–Crippen MR) is 116 cm³/mol. The number of ether oxygens (including phenoxy) is 2. The van der Waals surface area contributed by atoms with Crippen LogP contribution in [-0.2, 0) is 0 Å². The van der Waals surface area contributed by atoms with Gasteiger partial charge in [-0.05, 0) is 36.8 Å². The van der Waals surface area contributed by atoms with Gasteiger partial charge in [0.25, 0.3) is 0 Å². The summed E-state index contributed by atoms with van der Waals surface area (Å²) in [6.07, 6.45) is 0. The quantitative estimate of drug-likeness (QED) is 0.411. The molecule has 0 saturated heterocycles. The van der Waals surface area contributed by atoms with Gasteiger partial charge >= 0.3 is 0 Å². The van der Waals surface area contributed by atoms with E-state index in [-0.39, 0.29) is 5.78 Å². The van der Waals surface area contributed by atoms with Gasteiger partial charge in [-0.1, -0.05) is 41.9 Å². The number of aryl methyl sites for hydroxylation is 1. The van der Waals surface area contributed by atoms with E-state index in [0.717, 1.165) is 22.2 Å². The molecule has 146 valence electrons. The lowest BCUT2D eigenvalue weighted by atomic mass is 9.96. The fraction of sp³-hybridized carbons (Fsp3) is 0.125. The molecular weight excluding hydrogens is 386 g/mol. The molecule has 0 saturated carbocycles. The Hall–Kier alpha value is -3.24. The molecule has 0 atom stereocenters. The number of methoxy groups -OCH3 is 2. The largest absolute Gasteiger partial charge is 0.496 e. The highest BCUT2D eigenvalue weighted by atomic mass is 35.5. The SMILES string of the molecule is COc1cc(OC)c2c(-c3ccccc3)c(C)[nH]c2c1C(=O)c1ccc(Cl)cc1. The molecule has 1 heterocycles. The monoisotopic (exact) mass is 405 g/mol. The number of aromatic amines is 1.